The zero-order chi connectivity index (χ0) is 13.4. The molecular weight excluding hydrogens is 312 g/mol. The molecule has 0 aliphatic carbocycles. The number of anilines is 1. The number of hydrogen-bond acceptors (Lipinski definition) is 6. The van der Waals surface area contributed by atoms with Crippen LogP contribution in [0.2, 0.25) is 0 Å². The van der Waals surface area contributed by atoms with Crippen molar-refractivity contribution in [1.82, 2.24) is 25.3 Å². The smallest absolute Gasteiger partial charge is 0.239 e. The average Bonchev–Trinajstić information content (AvgIpc) is 2.81. The first kappa shape index (κ1) is 11.8. The van der Waals surface area contributed by atoms with Gasteiger partial charge in [-0.05, 0) is 41.1 Å². The fourth-order valence-electron chi connectivity index (χ4n) is 1.69. The summed E-state index contributed by atoms with van der Waals surface area (Å²) in [5.41, 5.74) is 7.92. The van der Waals surface area contributed by atoms with E-state index in [4.69, 9.17) is 10.5 Å². The molecule has 2 N–H and O–H groups in total. The monoisotopic (exact) mass is 320 g/mol. The number of rotatable bonds is 2. The lowest BCUT2D eigenvalue weighted by molar-refractivity contribution is 0.446. The summed E-state index contributed by atoms with van der Waals surface area (Å²) < 4.78 is 7.89. The minimum absolute atomic E-state index is 0.372. The second kappa shape index (κ2) is 4.47. The standard InChI is InChI=1S/C11H9BrN6O/c1-6-4-7(12)5-8(13)11(6)19-10-3-2-9-14-16-17-18(9)15-10/h2-5H,13H2,1H3. The lowest BCUT2D eigenvalue weighted by Crippen LogP contribution is -2.00. The van der Waals surface area contributed by atoms with Crippen LogP contribution in [0.4, 0.5) is 5.69 Å². The van der Waals surface area contributed by atoms with Gasteiger partial charge in [0.15, 0.2) is 11.4 Å². The number of nitrogens with two attached hydrogens (primary N) is 1. The molecule has 0 fully saturated rings. The van der Waals surface area contributed by atoms with Crippen LogP contribution < -0.4 is 10.5 Å². The first-order valence-corrected chi connectivity index (χ1v) is 6.22. The van der Waals surface area contributed by atoms with E-state index in [1.807, 2.05) is 13.0 Å². The quantitative estimate of drug-likeness (QED) is 0.726. The second-order valence-electron chi connectivity index (χ2n) is 3.94. The van der Waals surface area contributed by atoms with E-state index < -0.39 is 0 Å². The summed E-state index contributed by atoms with van der Waals surface area (Å²) in [7, 11) is 0. The zero-order valence-electron chi connectivity index (χ0n) is 9.91. The summed E-state index contributed by atoms with van der Waals surface area (Å²) in [5.74, 6) is 0.944. The molecule has 1 aromatic carbocycles. The van der Waals surface area contributed by atoms with Gasteiger partial charge in [-0.1, -0.05) is 15.9 Å². The molecule has 0 spiro atoms. The normalized spacial score (nSPS) is 10.8. The van der Waals surface area contributed by atoms with E-state index in [0.29, 0.717) is 23.0 Å². The summed E-state index contributed by atoms with van der Waals surface area (Å²) >= 11 is 3.38. The van der Waals surface area contributed by atoms with Crippen molar-refractivity contribution < 1.29 is 4.74 Å². The summed E-state index contributed by atoms with van der Waals surface area (Å²) in [6.07, 6.45) is 0. The second-order valence-corrected chi connectivity index (χ2v) is 4.86. The van der Waals surface area contributed by atoms with Crippen LogP contribution in [-0.4, -0.2) is 25.3 Å². The highest BCUT2D eigenvalue weighted by molar-refractivity contribution is 9.10. The van der Waals surface area contributed by atoms with E-state index in [2.05, 4.69) is 36.6 Å². The third kappa shape index (κ3) is 2.22. The molecule has 2 heterocycles. The SMILES string of the molecule is Cc1cc(Br)cc(N)c1Oc1ccc2nnnn2n1. The maximum atomic E-state index is 5.93. The van der Waals surface area contributed by atoms with Crippen LogP contribution >= 0.6 is 15.9 Å². The molecule has 0 aliphatic rings. The van der Waals surface area contributed by atoms with Crippen molar-refractivity contribution in [3.63, 3.8) is 0 Å². The van der Waals surface area contributed by atoms with Crippen LogP contribution in [-0.2, 0) is 0 Å². The maximum absolute atomic E-state index is 5.93. The van der Waals surface area contributed by atoms with Crippen molar-refractivity contribution in [2.75, 3.05) is 5.73 Å². The highest BCUT2D eigenvalue weighted by atomic mass is 79.9. The van der Waals surface area contributed by atoms with E-state index in [0.717, 1.165) is 10.0 Å². The van der Waals surface area contributed by atoms with Gasteiger partial charge in [-0.25, -0.2) is 0 Å². The number of hydrogen-bond donors (Lipinski definition) is 1. The van der Waals surface area contributed by atoms with Crippen LogP contribution in [0, 0.1) is 6.92 Å². The molecule has 7 nitrogen and oxygen atoms in total. The molecular formula is C11H9BrN6O. The number of benzene rings is 1. The fourth-order valence-corrected chi connectivity index (χ4v) is 2.28. The molecule has 3 aromatic rings. The lowest BCUT2D eigenvalue weighted by Gasteiger charge is -2.10. The first-order valence-electron chi connectivity index (χ1n) is 5.42. The van der Waals surface area contributed by atoms with Crippen molar-refractivity contribution in [3.8, 4) is 11.6 Å². The predicted molar refractivity (Wildman–Crippen MR) is 71.9 cm³/mol. The molecule has 0 amide bonds. The van der Waals surface area contributed by atoms with E-state index in [1.54, 1.807) is 18.2 Å². The van der Waals surface area contributed by atoms with Crippen molar-refractivity contribution in [1.29, 1.82) is 0 Å². The third-order valence-corrected chi connectivity index (χ3v) is 2.98. The molecule has 8 heteroatoms. The van der Waals surface area contributed by atoms with Gasteiger partial charge in [0.2, 0.25) is 5.88 Å². The number of aryl methyl sites for hydroxylation is 1. The Bertz CT molecular complexity index is 733. The molecule has 0 unspecified atom stereocenters. The van der Waals surface area contributed by atoms with Gasteiger partial charge in [0.25, 0.3) is 0 Å². The van der Waals surface area contributed by atoms with Crippen molar-refractivity contribution in [2.24, 2.45) is 0 Å². The summed E-state index contributed by atoms with van der Waals surface area (Å²) in [5, 5.41) is 15.1. The molecule has 96 valence electrons. The number of fused-ring (bicyclic) bond motifs is 1. The Morgan fingerprint density at radius 2 is 2.16 bits per heavy atom. The van der Waals surface area contributed by atoms with E-state index in [-0.39, 0.29) is 0 Å². The van der Waals surface area contributed by atoms with E-state index >= 15 is 0 Å². The molecule has 0 saturated heterocycles. The number of aromatic nitrogens is 5. The van der Waals surface area contributed by atoms with Gasteiger partial charge in [0.05, 0.1) is 5.69 Å². The highest BCUT2D eigenvalue weighted by Crippen LogP contribution is 2.32. The van der Waals surface area contributed by atoms with Gasteiger partial charge >= 0.3 is 0 Å². The van der Waals surface area contributed by atoms with Gasteiger partial charge in [0.1, 0.15) is 0 Å². The molecule has 0 atom stereocenters. The molecule has 3 rings (SSSR count). The number of halogens is 1. The Hall–Kier alpha value is -2.22. The minimum Gasteiger partial charge on any atom is -0.435 e. The van der Waals surface area contributed by atoms with E-state index in [1.165, 1.54) is 4.63 Å². The molecule has 19 heavy (non-hydrogen) atoms. The fraction of sp³-hybridized carbons (Fsp3) is 0.0909. The van der Waals surface area contributed by atoms with Gasteiger partial charge in [-0.3, -0.25) is 0 Å². The maximum Gasteiger partial charge on any atom is 0.239 e. The molecule has 0 saturated carbocycles. The molecule has 2 aromatic heterocycles. The zero-order valence-corrected chi connectivity index (χ0v) is 11.5. The van der Waals surface area contributed by atoms with E-state index in [9.17, 15) is 0 Å². The number of tetrazole rings is 1. The lowest BCUT2D eigenvalue weighted by atomic mass is 10.2. The summed E-state index contributed by atoms with van der Waals surface area (Å²) in [4.78, 5) is 0. The minimum atomic E-state index is 0.372. The average molecular weight is 321 g/mol. The molecule has 0 radical (unpaired) electrons. The topological polar surface area (TPSA) is 91.2 Å². The predicted octanol–water partition coefficient (Wildman–Crippen LogP) is 1.96. The Morgan fingerprint density at radius 3 is 2.95 bits per heavy atom. The largest absolute Gasteiger partial charge is 0.435 e. The molecule has 0 bridgehead atoms. The van der Waals surface area contributed by atoms with Crippen LogP contribution in [0.15, 0.2) is 28.7 Å². The number of ether oxygens (including phenoxy) is 1. The Labute approximate surface area is 116 Å². The van der Waals surface area contributed by atoms with Gasteiger partial charge in [-0.2, -0.15) is 0 Å². The van der Waals surface area contributed by atoms with Gasteiger partial charge < -0.3 is 10.5 Å². The highest BCUT2D eigenvalue weighted by Gasteiger charge is 2.09. The third-order valence-electron chi connectivity index (χ3n) is 2.52. The van der Waals surface area contributed by atoms with Gasteiger partial charge in [0, 0.05) is 10.5 Å². The van der Waals surface area contributed by atoms with Crippen LogP contribution in [0.1, 0.15) is 5.56 Å². The summed E-state index contributed by atoms with van der Waals surface area (Å²) in [6.45, 7) is 1.91. The Morgan fingerprint density at radius 1 is 1.32 bits per heavy atom. The number of nitrogens with zero attached hydrogens (tertiary/aromatic N) is 5. The summed E-state index contributed by atoms with van der Waals surface area (Å²) in [6, 6.07) is 7.10. The van der Waals surface area contributed by atoms with Crippen LogP contribution in [0.3, 0.4) is 0 Å². The van der Waals surface area contributed by atoms with Crippen LogP contribution in [0.25, 0.3) is 5.65 Å². The Balaban J connectivity index is 2.00. The van der Waals surface area contributed by atoms with Crippen molar-refractivity contribution in [3.05, 3.63) is 34.3 Å². The number of nitrogen functional groups attached to an aromatic ring is 1. The van der Waals surface area contributed by atoms with Crippen molar-refractivity contribution in [2.45, 2.75) is 6.92 Å². The Kier molecular flexibility index (Phi) is 2.79. The van der Waals surface area contributed by atoms with Crippen molar-refractivity contribution >= 4 is 27.3 Å². The molecule has 0 aliphatic heterocycles. The van der Waals surface area contributed by atoms with Crippen LogP contribution in [0.5, 0.6) is 11.6 Å². The van der Waals surface area contributed by atoms with Gasteiger partial charge in [-0.15, -0.1) is 14.8 Å². The first-order chi connectivity index (χ1) is 9.13.